The first kappa shape index (κ1) is 20.2. The summed E-state index contributed by atoms with van der Waals surface area (Å²) in [6.45, 7) is 1.45. The Balaban J connectivity index is 2.30. The second-order valence-electron chi connectivity index (χ2n) is 5.28. The molecule has 0 bridgehead atoms. The third kappa shape index (κ3) is 7.48. The largest absolute Gasteiger partial charge is 0.492 e. The smallest absolute Gasteiger partial charge is 0.237 e. The molecule has 0 saturated heterocycles. The molecule has 1 aromatic rings. The van der Waals surface area contributed by atoms with Crippen molar-refractivity contribution in [3.63, 3.8) is 0 Å². The SMILES string of the molecule is NCCCC[C@@H](N)C(=O)NCCOc1ccc(CS)c(CS)c1. The number of nitrogens with one attached hydrogen (secondary N) is 1. The van der Waals surface area contributed by atoms with E-state index in [1.807, 2.05) is 18.2 Å². The number of benzene rings is 1. The summed E-state index contributed by atoms with van der Waals surface area (Å²) in [5, 5.41) is 2.78. The number of hydrogen-bond donors (Lipinski definition) is 5. The van der Waals surface area contributed by atoms with E-state index < -0.39 is 6.04 Å². The van der Waals surface area contributed by atoms with E-state index in [1.165, 1.54) is 0 Å². The van der Waals surface area contributed by atoms with Crippen LogP contribution >= 0.6 is 25.3 Å². The fourth-order valence-corrected chi connectivity index (χ4v) is 2.71. The molecule has 1 aromatic carbocycles. The molecule has 7 heteroatoms. The molecule has 130 valence electrons. The Hall–Kier alpha value is -0.890. The molecule has 0 spiro atoms. The summed E-state index contributed by atoms with van der Waals surface area (Å²) in [7, 11) is 0. The Kier molecular flexibility index (Phi) is 10.2. The van der Waals surface area contributed by atoms with Crippen molar-refractivity contribution in [3.8, 4) is 5.75 Å². The minimum Gasteiger partial charge on any atom is -0.492 e. The van der Waals surface area contributed by atoms with Gasteiger partial charge in [-0.15, -0.1) is 0 Å². The summed E-state index contributed by atoms with van der Waals surface area (Å²) >= 11 is 8.59. The Morgan fingerprint density at radius 1 is 1.22 bits per heavy atom. The maximum atomic E-state index is 11.8. The van der Waals surface area contributed by atoms with E-state index in [0.29, 0.717) is 37.6 Å². The van der Waals surface area contributed by atoms with Gasteiger partial charge in [0.25, 0.3) is 0 Å². The van der Waals surface area contributed by atoms with Gasteiger partial charge in [-0.25, -0.2) is 0 Å². The van der Waals surface area contributed by atoms with Gasteiger partial charge in [-0.2, -0.15) is 25.3 Å². The van der Waals surface area contributed by atoms with E-state index in [-0.39, 0.29) is 5.91 Å². The second kappa shape index (κ2) is 11.6. The number of nitrogens with two attached hydrogens (primary N) is 2. The molecule has 0 radical (unpaired) electrons. The predicted molar refractivity (Wildman–Crippen MR) is 101 cm³/mol. The monoisotopic (exact) mass is 357 g/mol. The number of unbranched alkanes of at least 4 members (excludes halogenated alkanes) is 1. The summed E-state index contributed by atoms with van der Waals surface area (Å²) in [5.41, 5.74) is 13.5. The summed E-state index contributed by atoms with van der Waals surface area (Å²) in [5.74, 6) is 1.93. The van der Waals surface area contributed by atoms with Gasteiger partial charge < -0.3 is 21.5 Å². The van der Waals surface area contributed by atoms with Crippen LogP contribution in [0.25, 0.3) is 0 Å². The topological polar surface area (TPSA) is 90.4 Å². The molecule has 0 unspecified atom stereocenters. The molecular weight excluding hydrogens is 330 g/mol. The lowest BCUT2D eigenvalue weighted by molar-refractivity contribution is -0.122. The van der Waals surface area contributed by atoms with Crippen LogP contribution in [-0.4, -0.2) is 31.6 Å². The van der Waals surface area contributed by atoms with E-state index in [9.17, 15) is 4.79 Å². The Labute approximate surface area is 149 Å². The number of ether oxygens (including phenoxy) is 1. The maximum absolute atomic E-state index is 11.8. The van der Waals surface area contributed by atoms with Crippen LogP contribution in [0.3, 0.4) is 0 Å². The van der Waals surface area contributed by atoms with Crippen molar-refractivity contribution < 1.29 is 9.53 Å². The van der Waals surface area contributed by atoms with Crippen LogP contribution < -0.4 is 21.5 Å². The third-order valence-corrected chi connectivity index (χ3v) is 4.18. The molecule has 0 fully saturated rings. The highest BCUT2D eigenvalue weighted by molar-refractivity contribution is 7.79. The van der Waals surface area contributed by atoms with Gasteiger partial charge in [-0.3, -0.25) is 4.79 Å². The van der Waals surface area contributed by atoms with Crippen LogP contribution in [0.15, 0.2) is 18.2 Å². The van der Waals surface area contributed by atoms with Crippen molar-refractivity contribution >= 4 is 31.2 Å². The minimum atomic E-state index is -0.480. The normalized spacial score (nSPS) is 12.0. The predicted octanol–water partition coefficient (Wildman–Crippen LogP) is 1.50. The number of rotatable bonds is 11. The molecule has 23 heavy (non-hydrogen) atoms. The Morgan fingerprint density at radius 3 is 2.61 bits per heavy atom. The Morgan fingerprint density at radius 2 is 1.96 bits per heavy atom. The fourth-order valence-electron chi connectivity index (χ4n) is 2.11. The standard InChI is InChI=1S/C16H27N3O2S2/c17-6-2-1-3-15(18)16(20)19-7-8-21-14-5-4-12(10-22)13(9-14)11-23/h4-5,9,15,22-23H,1-3,6-8,10-11,17-18H2,(H,19,20)/t15-/m1/s1. The zero-order chi connectivity index (χ0) is 17.1. The second-order valence-corrected chi connectivity index (χ2v) is 5.91. The zero-order valence-electron chi connectivity index (χ0n) is 13.3. The van der Waals surface area contributed by atoms with E-state index in [0.717, 1.165) is 29.7 Å². The van der Waals surface area contributed by atoms with Crippen LogP contribution in [0.2, 0.25) is 0 Å². The summed E-state index contributed by atoms with van der Waals surface area (Å²) < 4.78 is 5.65. The fraction of sp³-hybridized carbons (Fsp3) is 0.562. The van der Waals surface area contributed by atoms with Crippen LogP contribution in [0.4, 0.5) is 0 Å². The number of carbonyl (C=O) groups excluding carboxylic acids is 1. The molecule has 0 aliphatic carbocycles. The number of thiol groups is 2. The third-order valence-electron chi connectivity index (χ3n) is 3.49. The molecule has 1 atom stereocenters. The average Bonchev–Trinajstić information content (AvgIpc) is 2.58. The van der Waals surface area contributed by atoms with Crippen LogP contribution in [0.1, 0.15) is 30.4 Å². The van der Waals surface area contributed by atoms with Gasteiger partial charge in [0, 0.05) is 11.5 Å². The molecule has 0 aliphatic rings. The van der Waals surface area contributed by atoms with Gasteiger partial charge in [-0.1, -0.05) is 12.5 Å². The van der Waals surface area contributed by atoms with E-state index in [4.69, 9.17) is 16.2 Å². The van der Waals surface area contributed by atoms with Gasteiger partial charge in [0.2, 0.25) is 5.91 Å². The number of amides is 1. The van der Waals surface area contributed by atoms with Crippen molar-refractivity contribution in [1.29, 1.82) is 0 Å². The van der Waals surface area contributed by atoms with Gasteiger partial charge in [0.1, 0.15) is 12.4 Å². The first-order valence-electron chi connectivity index (χ1n) is 7.82. The highest BCUT2D eigenvalue weighted by Gasteiger charge is 2.12. The average molecular weight is 358 g/mol. The van der Waals surface area contributed by atoms with Crippen molar-refractivity contribution in [3.05, 3.63) is 29.3 Å². The highest BCUT2D eigenvalue weighted by atomic mass is 32.1. The van der Waals surface area contributed by atoms with Gasteiger partial charge in [-0.05, 0) is 42.6 Å². The summed E-state index contributed by atoms with van der Waals surface area (Å²) in [6, 6.07) is 5.37. The lowest BCUT2D eigenvalue weighted by atomic mass is 10.1. The summed E-state index contributed by atoms with van der Waals surface area (Å²) in [4.78, 5) is 11.8. The maximum Gasteiger partial charge on any atom is 0.237 e. The van der Waals surface area contributed by atoms with Gasteiger partial charge in [0.05, 0.1) is 12.6 Å². The van der Waals surface area contributed by atoms with Crippen molar-refractivity contribution in [2.45, 2.75) is 36.8 Å². The lowest BCUT2D eigenvalue weighted by Gasteiger charge is -2.13. The van der Waals surface area contributed by atoms with E-state index in [1.54, 1.807) is 0 Å². The lowest BCUT2D eigenvalue weighted by Crippen LogP contribution is -2.42. The zero-order valence-corrected chi connectivity index (χ0v) is 15.1. The van der Waals surface area contributed by atoms with Crippen molar-refractivity contribution in [2.75, 3.05) is 19.7 Å². The van der Waals surface area contributed by atoms with Crippen LogP contribution in [-0.2, 0) is 16.3 Å². The molecule has 5 N–H and O–H groups in total. The van der Waals surface area contributed by atoms with E-state index in [2.05, 4.69) is 30.6 Å². The van der Waals surface area contributed by atoms with Gasteiger partial charge in [0.15, 0.2) is 0 Å². The molecule has 0 aromatic heterocycles. The molecule has 5 nitrogen and oxygen atoms in total. The molecule has 0 aliphatic heterocycles. The molecule has 1 rings (SSSR count). The Bertz CT molecular complexity index is 486. The highest BCUT2D eigenvalue weighted by Crippen LogP contribution is 2.20. The molecule has 0 saturated carbocycles. The van der Waals surface area contributed by atoms with Crippen LogP contribution in [0, 0.1) is 0 Å². The van der Waals surface area contributed by atoms with Gasteiger partial charge >= 0.3 is 0 Å². The number of hydrogen-bond acceptors (Lipinski definition) is 6. The van der Waals surface area contributed by atoms with E-state index >= 15 is 0 Å². The first-order chi connectivity index (χ1) is 11.1. The van der Waals surface area contributed by atoms with Crippen LogP contribution in [0.5, 0.6) is 5.75 Å². The first-order valence-corrected chi connectivity index (χ1v) is 9.08. The number of carbonyl (C=O) groups is 1. The minimum absolute atomic E-state index is 0.146. The van der Waals surface area contributed by atoms with Crippen molar-refractivity contribution in [2.24, 2.45) is 11.5 Å². The summed E-state index contributed by atoms with van der Waals surface area (Å²) in [6.07, 6.45) is 2.41. The van der Waals surface area contributed by atoms with Crippen molar-refractivity contribution in [1.82, 2.24) is 5.32 Å². The molecule has 0 heterocycles. The quantitative estimate of drug-likeness (QED) is 0.307. The molecule has 1 amide bonds. The molecular formula is C16H27N3O2S2.